The van der Waals surface area contributed by atoms with Crippen molar-refractivity contribution >= 4 is 136 Å². The highest BCUT2D eigenvalue weighted by Crippen LogP contribution is 2.51. The minimum absolute atomic E-state index is 0.0734. The molecule has 1 N–H and O–H groups in total. The first-order valence-corrected chi connectivity index (χ1v) is 25.2. The van der Waals surface area contributed by atoms with E-state index in [1.165, 1.54) is 125 Å². The summed E-state index contributed by atoms with van der Waals surface area (Å²) < 4.78 is 14.5. The maximum absolute atomic E-state index is 6.56. The van der Waals surface area contributed by atoms with Crippen molar-refractivity contribution in [2.75, 3.05) is 5.32 Å². The van der Waals surface area contributed by atoms with E-state index in [2.05, 4.69) is 192 Å². The summed E-state index contributed by atoms with van der Waals surface area (Å²) in [4.78, 5) is 0. The molecule has 4 aromatic heterocycles. The van der Waals surface area contributed by atoms with Gasteiger partial charge in [0.2, 0.25) is 0 Å². The second kappa shape index (κ2) is 13.2. The maximum Gasteiger partial charge on any atom is 0.198 e. The fraction of sp³-hybridized carbons (Fsp3) is 0.200. The molecule has 0 fully saturated rings. The topological polar surface area (TPSA) is 30.1 Å². The number of aromatic nitrogens is 1. The van der Waals surface area contributed by atoms with Crippen LogP contribution in [0, 0.1) is 0 Å². The fourth-order valence-corrected chi connectivity index (χ4v) is 14.2. The van der Waals surface area contributed by atoms with E-state index in [1.54, 1.807) is 0 Å². The highest BCUT2D eigenvalue weighted by Gasteiger charge is 2.38. The van der Waals surface area contributed by atoms with E-state index in [-0.39, 0.29) is 16.2 Å². The van der Waals surface area contributed by atoms with Gasteiger partial charge in [-0.1, -0.05) is 121 Å². The first kappa shape index (κ1) is 38.9. The summed E-state index contributed by atoms with van der Waals surface area (Å²) in [6, 6.07) is 51.0. The number of hydrogen-bond donors (Lipinski definition) is 1. The van der Waals surface area contributed by atoms with E-state index in [4.69, 9.17) is 4.42 Å². The third kappa shape index (κ3) is 5.43. The van der Waals surface area contributed by atoms with Crippen molar-refractivity contribution in [3.05, 3.63) is 150 Å². The van der Waals surface area contributed by atoms with Gasteiger partial charge in [0.15, 0.2) is 7.28 Å². The fourth-order valence-electron chi connectivity index (χ4n) is 11.9. The van der Waals surface area contributed by atoms with Crippen LogP contribution in [0.5, 0.6) is 0 Å². The monoisotopic (exact) mass is 888 g/mol. The largest absolute Gasteiger partial charge is 0.456 e. The molecule has 66 heavy (non-hydrogen) atoms. The van der Waals surface area contributed by atoms with Crippen LogP contribution in [0.1, 0.15) is 78.0 Å². The summed E-state index contributed by atoms with van der Waals surface area (Å²) in [5.41, 5.74) is 17.8. The SMILES string of the molecule is CC(C)(C)c1ccc(Nc2cc3sc4cc5c(cc4c3cc2-c2ccc3c4c6c(ccc4n4c3c2Bc2cc3c(cc2-4)sc2ccccc23)oc2ccccc26)C(C)(C)CCC5(C)C)cc1. The van der Waals surface area contributed by atoms with E-state index >= 15 is 0 Å². The molecule has 5 heterocycles. The molecule has 0 spiro atoms. The molecule has 1 aliphatic heterocycles. The molecule has 12 aromatic rings. The summed E-state index contributed by atoms with van der Waals surface area (Å²) in [5, 5.41) is 14.3. The first-order chi connectivity index (χ1) is 31.8. The van der Waals surface area contributed by atoms with Gasteiger partial charge in [-0.3, -0.25) is 0 Å². The number of nitrogens with zero attached hydrogens (tertiary/aromatic N) is 1. The lowest BCUT2D eigenvalue weighted by molar-refractivity contribution is 0.332. The molecule has 0 radical (unpaired) electrons. The van der Waals surface area contributed by atoms with Gasteiger partial charge in [0.25, 0.3) is 0 Å². The van der Waals surface area contributed by atoms with Crippen molar-refractivity contribution in [2.24, 2.45) is 0 Å². The van der Waals surface area contributed by atoms with Crippen molar-refractivity contribution in [1.82, 2.24) is 4.57 Å². The van der Waals surface area contributed by atoms with Gasteiger partial charge in [0.1, 0.15) is 11.2 Å². The predicted molar refractivity (Wildman–Crippen MR) is 289 cm³/mol. The Morgan fingerprint density at radius 1 is 0.576 bits per heavy atom. The van der Waals surface area contributed by atoms with Crippen LogP contribution in [-0.4, -0.2) is 11.8 Å². The van der Waals surface area contributed by atoms with Crippen LogP contribution < -0.4 is 16.2 Å². The molecule has 2 aliphatic rings. The molecular weight excluding hydrogens is 840 g/mol. The van der Waals surface area contributed by atoms with Crippen molar-refractivity contribution < 1.29 is 4.42 Å². The van der Waals surface area contributed by atoms with E-state index < -0.39 is 0 Å². The molecule has 0 atom stereocenters. The average Bonchev–Trinajstić information content (AvgIpc) is 4.05. The quantitative estimate of drug-likeness (QED) is 0.179. The van der Waals surface area contributed by atoms with Crippen LogP contribution in [0.4, 0.5) is 11.4 Å². The Bertz CT molecular complexity index is 4090. The Morgan fingerprint density at radius 3 is 2.06 bits per heavy atom. The summed E-state index contributed by atoms with van der Waals surface area (Å²) >= 11 is 3.84. The molecule has 6 heteroatoms. The molecule has 0 amide bonds. The van der Waals surface area contributed by atoms with Crippen LogP contribution in [0.15, 0.2) is 138 Å². The van der Waals surface area contributed by atoms with E-state index in [1.807, 2.05) is 22.7 Å². The summed E-state index contributed by atoms with van der Waals surface area (Å²) in [7, 11) is 0.826. The van der Waals surface area contributed by atoms with Crippen LogP contribution in [-0.2, 0) is 16.2 Å². The van der Waals surface area contributed by atoms with Gasteiger partial charge >= 0.3 is 0 Å². The standard InChI is InChI=1S/C60H49BN2OS2/c1-58(2,3)32-16-18-33(19-17-32)62-45-30-52-39(40-27-42-43(29-51(40)66-52)60(6,7)25-24-59(42,4)5)26-38(45)35-20-21-37-54-46(22-23-49-55(54)36-13-8-10-14-48(36)64-49)63-47-31-53-41(28-44(47)61-56(35)57(37)63)34-12-9-11-15-50(34)65-53/h8-23,26-31,61-62H,24-25H2,1-7H3. The molecule has 0 unspecified atom stereocenters. The van der Waals surface area contributed by atoms with Gasteiger partial charge in [-0.15, -0.1) is 22.7 Å². The molecule has 0 bridgehead atoms. The van der Waals surface area contributed by atoms with Gasteiger partial charge in [-0.05, 0) is 129 Å². The third-order valence-electron chi connectivity index (χ3n) is 15.6. The smallest absolute Gasteiger partial charge is 0.198 e. The molecule has 1 aliphatic carbocycles. The maximum atomic E-state index is 6.56. The van der Waals surface area contributed by atoms with E-state index in [0.717, 1.165) is 35.2 Å². The van der Waals surface area contributed by atoms with Crippen LogP contribution in [0.25, 0.3) is 101 Å². The number of nitrogens with one attached hydrogen (secondary N) is 1. The zero-order chi connectivity index (χ0) is 44.6. The van der Waals surface area contributed by atoms with E-state index in [0.29, 0.717) is 0 Å². The van der Waals surface area contributed by atoms with Crippen LogP contribution >= 0.6 is 22.7 Å². The van der Waals surface area contributed by atoms with Gasteiger partial charge in [0.05, 0.1) is 5.52 Å². The minimum Gasteiger partial charge on any atom is -0.456 e. The second-order valence-corrected chi connectivity index (χ2v) is 23.8. The molecule has 0 saturated carbocycles. The molecule has 8 aromatic carbocycles. The number of benzene rings is 8. The van der Waals surface area contributed by atoms with Crippen LogP contribution in [0.2, 0.25) is 0 Å². The number of para-hydroxylation sites is 1. The Balaban J connectivity index is 1.08. The van der Waals surface area contributed by atoms with E-state index in [9.17, 15) is 0 Å². The number of thiophene rings is 2. The normalized spacial score (nSPS) is 15.4. The minimum atomic E-state index is 0.0734. The van der Waals surface area contributed by atoms with Gasteiger partial charge in [-0.25, -0.2) is 0 Å². The summed E-state index contributed by atoms with van der Waals surface area (Å²) in [5.74, 6) is 0. The molecule has 3 nitrogen and oxygen atoms in total. The average molecular weight is 889 g/mol. The Labute approximate surface area is 392 Å². The Kier molecular flexibility index (Phi) is 7.77. The highest BCUT2D eigenvalue weighted by molar-refractivity contribution is 7.26. The zero-order valence-electron chi connectivity index (χ0n) is 38.5. The van der Waals surface area contributed by atoms with Crippen LogP contribution in [0.3, 0.4) is 0 Å². The highest BCUT2D eigenvalue weighted by atomic mass is 32.1. The molecule has 14 rings (SSSR count). The lowest BCUT2D eigenvalue weighted by atomic mass is 9.59. The lowest BCUT2D eigenvalue weighted by Gasteiger charge is -2.41. The van der Waals surface area contributed by atoms with Crippen molar-refractivity contribution in [3.63, 3.8) is 0 Å². The van der Waals surface area contributed by atoms with Gasteiger partial charge < -0.3 is 14.3 Å². The molecule has 0 saturated heterocycles. The lowest BCUT2D eigenvalue weighted by Crippen LogP contribution is -2.37. The van der Waals surface area contributed by atoms with Gasteiger partial charge in [0, 0.05) is 84.6 Å². The number of fused-ring (bicyclic) bond motifs is 16. The second-order valence-electron chi connectivity index (χ2n) is 21.6. The molecular formula is C60H49BN2OS2. The predicted octanol–water partition coefficient (Wildman–Crippen LogP) is 16.2. The number of furan rings is 1. The summed E-state index contributed by atoms with van der Waals surface area (Å²) in [6.07, 6.45) is 2.40. The first-order valence-electron chi connectivity index (χ1n) is 23.6. The third-order valence-corrected chi connectivity index (χ3v) is 17.9. The zero-order valence-corrected chi connectivity index (χ0v) is 40.1. The number of hydrogen-bond acceptors (Lipinski definition) is 4. The van der Waals surface area contributed by atoms with Crippen molar-refractivity contribution in [3.8, 4) is 16.8 Å². The van der Waals surface area contributed by atoms with Crippen molar-refractivity contribution in [1.29, 1.82) is 0 Å². The Morgan fingerprint density at radius 2 is 1.26 bits per heavy atom. The Hall–Kier alpha value is -6.34. The summed E-state index contributed by atoms with van der Waals surface area (Å²) in [6.45, 7) is 16.6. The number of anilines is 2. The van der Waals surface area contributed by atoms with Crippen molar-refractivity contribution in [2.45, 2.75) is 77.6 Å². The molecule has 320 valence electrons. The van der Waals surface area contributed by atoms with Gasteiger partial charge in [-0.2, -0.15) is 0 Å². The number of rotatable bonds is 3.